The van der Waals surface area contributed by atoms with Crippen molar-refractivity contribution in [3.8, 4) is 0 Å². The Morgan fingerprint density at radius 3 is 2.63 bits per heavy atom. The minimum absolute atomic E-state index is 0.0869. The molecule has 0 fully saturated rings. The van der Waals surface area contributed by atoms with E-state index in [1.165, 1.54) is 24.8 Å². The lowest BCUT2D eigenvalue weighted by molar-refractivity contribution is -0.116. The van der Waals surface area contributed by atoms with E-state index in [1.807, 2.05) is 6.92 Å². The molecule has 2 N–H and O–H groups in total. The first-order valence-corrected chi connectivity index (χ1v) is 12.0. The zero-order valence-electron chi connectivity index (χ0n) is 16.6. The number of carbonyl (C=O) groups is 3. The molecule has 1 aliphatic heterocycles. The first-order chi connectivity index (χ1) is 14.2. The Labute approximate surface area is 179 Å². The summed E-state index contributed by atoms with van der Waals surface area (Å²) >= 11 is 1.34. The lowest BCUT2D eigenvalue weighted by Crippen LogP contribution is -2.28. The van der Waals surface area contributed by atoms with Crippen LogP contribution in [0.1, 0.15) is 37.0 Å². The molecule has 30 heavy (non-hydrogen) atoms. The Hall–Kier alpha value is -2.65. The molecular formula is C21H22N2O5S2. The molecule has 3 rings (SSSR count). The van der Waals surface area contributed by atoms with Crippen LogP contribution >= 0.6 is 11.8 Å². The highest BCUT2D eigenvalue weighted by atomic mass is 32.2. The van der Waals surface area contributed by atoms with E-state index in [2.05, 4.69) is 10.6 Å². The molecular weight excluding hydrogens is 424 g/mol. The number of sulfone groups is 1. The van der Waals surface area contributed by atoms with Gasteiger partial charge in [-0.15, -0.1) is 11.8 Å². The summed E-state index contributed by atoms with van der Waals surface area (Å²) in [5, 5.41) is 5.15. The maximum Gasteiger partial charge on any atom is 0.237 e. The molecule has 0 bridgehead atoms. The lowest BCUT2D eigenvalue weighted by atomic mass is 10.1. The van der Waals surface area contributed by atoms with Crippen LogP contribution < -0.4 is 10.6 Å². The number of fused-ring (bicyclic) bond motifs is 1. The molecule has 0 aromatic heterocycles. The average Bonchev–Trinajstić information content (AvgIpc) is 2.71. The summed E-state index contributed by atoms with van der Waals surface area (Å²) in [6.07, 6.45) is 0.420. The third-order valence-corrected chi connectivity index (χ3v) is 7.79. The van der Waals surface area contributed by atoms with Crippen molar-refractivity contribution in [2.24, 2.45) is 0 Å². The summed E-state index contributed by atoms with van der Waals surface area (Å²) in [6, 6.07) is 11.0. The van der Waals surface area contributed by atoms with Gasteiger partial charge in [0.1, 0.15) is 0 Å². The number of thioether (sulfide) groups is 1. The number of Topliss-reactive ketones (excluding diaryl/α,β-unsaturated/α-hetero) is 1. The maximum atomic E-state index is 12.7. The first-order valence-electron chi connectivity index (χ1n) is 9.45. The Kier molecular flexibility index (Phi) is 6.62. The van der Waals surface area contributed by atoms with Gasteiger partial charge in [-0.2, -0.15) is 0 Å². The van der Waals surface area contributed by atoms with Gasteiger partial charge in [-0.1, -0.05) is 19.1 Å². The van der Waals surface area contributed by atoms with Crippen LogP contribution in [0.2, 0.25) is 0 Å². The molecule has 2 aromatic carbocycles. The number of hydrogen-bond donors (Lipinski definition) is 2. The molecule has 7 nitrogen and oxygen atoms in total. The van der Waals surface area contributed by atoms with Gasteiger partial charge in [0, 0.05) is 22.6 Å². The van der Waals surface area contributed by atoms with Gasteiger partial charge in [0.25, 0.3) is 0 Å². The van der Waals surface area contributed by atoms with Crippen LogP contribution in [0.5, 0.6) is 0 Å². The second-order valence-electron chi connectivity index (χ2n) is 6.92. The highest BCUT2D eigenvalue weighted by molar-refractivity contribution is 8.01. The Bertz CT molecular complexity index is 1110. The van der Waals surface area contributed by atoms with Gasteiger partial charge in [0.05, 0.1) is 21.6 Å². The molecule has 0 radical (unpaired) electrons. The predicted molar refractivity (Wildman–Crippen MR) is 117 cm³/mol. The van der Waals surface area contributed by atoms with Gasteiger partial charge in [0.2, 0.25) is 11.8 Å². The van der Waals surface area contributed by atoms with Gasteiger partial charge < -0.3 is 10.6 Å². The van der Waals surface area contributed by atoms with E-state index in [1.54, 1.807) is 36.4 Å². The number of rotatable bonds is 7. The highest BCUT2D eigenvalue weighted by Crippen LogP contribution is 2.38. The first kappa shape index (κ1) is 22.0. The standard InChI is InChI=1S/C21H22N2O5S2/c1-3-18-21(26)23-17-8-7-16(12-19(17)29-18)30(27,28)10-9-20(25)22-15-6-4-5-14(11-15)13(2)24/h4-8,11-12,18H,3,9-10H2,1-2H3,(H,22,25)(H,23,26). The van der Waals surface area contributed by atoms with Crippen LogP contribution in [0.4, 0.5) is 11.4 Å². The summed E-state index contributed by atoms with van der Waals surface area (Å²) in [5.41, 5.74) is 1.50. The van der Waals surface area contributed by atoms with Crippen molar-refractivity contribution in [1.29, 1.82) is 0 Å². The van der Waals surface area contributed by atoms with Crippen LogP contribution in [0.25, 0.3) is 0 Å². The number of carbonyl (C=O) groups excluding carboxylic acids is 3. The Balaban J connectivity index is 1.67. The smallest absolute Gasteiger partial charge is 0.237 e. The molecule has 1 unspecified atom stereocenters. The fraction of sp³-hybridized carbons (Fsp3) is 0.286. The average molecular weight is 447 g/mol. The fourth-order valence-electron chi connectivity index (χ4n) is 2.97. The second-order valence-corrected chi connectivity index (χ2v) is 10.3. The lowest BCUT2D eigenvalue weighted by Gasteiger charge is -2.23. The predicted octanol–water partition coefficient (Wildman–Crippen LogP) is 3.51. The van der Waals surface area contributed by atoms with Crippen LogP contribution in [-0.4, -0.2) is 37.0 Å². The fourth-order valence-corrected chi connectivity index (χ4v) is 5.39. The SMILES string of the molecule is CCC1Sc2cc(S(=O)(=O)CCC(=O)Nc3cccc(C(C)=O)c3)ccc2NC1=O. The third kappa shape index (κ3) is 5.09. The Morgan fingerprint density at radius 2 is 1.93 bits per heavy atom. The summed E-state index contributed by atoms with van der Waals surface area (Å²) in [6.45, 7) is 3.33. The van der Waals surface area contributed by atoms with E-state index in [-0.39, 0.29) is 34.0 Å². The third-order valence-electron chi connectivity index (χ3n) is 4.65. The highest BCUT2D eigenvalue weighted by Gasteiger charge is 2.27. The molecule has 158 valence electrons. The number of benzene rings is 2. The molecule has 0 saturated heterocycles. The van der Waals surface area contributed by atoms with Crippen LogP contribution in [0.15, 0.2) is 52.3 Å². The molecule has 1 aliphatic rings. The van der Waals surface area contributed by atoms with Crippen molar-refractivity contribution in [2.45, 2.75) is 41.7 Å². The number of ketones is 1. The van der Waals surface area contributed by atoms with Gasteiger partial charge in [-0.25, -0.2) is 8.42 Å². The Morgan fingerprint density at radius 1 is 1.17 bits per heavy atom. The van der Waals surface area contributed by atoms with E-state index < -0.39 is 15.7 Å². The summed E-state index contributed by atoms with van der Waals surface area (Å²) in [5.74, 6) is -1.01. The van der Waals surface area contributed by atoms with Gasteiger partial charge in [0.15, 0.2) is 15.6 Å². The maximum absolute atomic E-state index is 12.7. The number of anilines is 2. The summed E-state index contributed by atoms with van der Waals surface area (Å²) < 4.78 is 25.4. The molecule has 1 heterocycles. The number of hydrogen-bond acceptors (Lipinski definition) is 6. The quantitative estimate of drug-likeness (QED) is 0.630. The van der Waals surface area contributed by atoms with Crippen molar-refractivity contribution < 1.29 is 22.8 Å². The molecule has 0 saturated carbocycles. The van der Waals surface area contributed by atoms with E-state index in [4.69, 9.17) is 0 Å². The van der Waals surface area contributed by atoms with Crippen LogP contribution in [-0.2, 0) is 19.4 Å². The van der Waals surface area contributed by atoms with Gasteiger partial charge in [-0.05, 0) is 43.7 Å². The van der Waals surface area contributed by atoms with E-state index >= 15 is 0 Å². The zero-order chi connectivity index (χ0) is 21.9. The van der Waals surface area contributed by atoms with Crippen molar-refractivity contribution in [3.63, 3.8) is 0 Å². The van der Waals surface area contributed by atoms with Gasteiger partial charge in [-0.3, -0.25) is 14.4 Å². The largest absolute Gasteiger partial charge is 0.326 e. The second kappa shape index (κ2) is 9.01. The zero-order valence-corrected chi connectivity index (χ0v) is 18.2. The topological polar surface area (TPSA) is 109 Å². The van der Waals surface area contributed by atoms with E-state index in [0.717, 1.165) is 0 Å². The number of amides is 2. The molecule has 9 heteroatoms. The van der Waals surface area contributed by atoms with Crippen LogP contribution in [0, 0.1) is 0 Å². The normalized spacial score (nSPS) is 15.8. The molecule has 1 atom stereocenters. The van der Waals surface area contributed by atoms with Crippen molar-refractivity contribution in [3.05, 3.63) is 48.0 Å². The van der Waals surface area contributed by atoms with Gasteiger partial charge >= 0.3 is 0 Å². The minimum Gasteiger partial charge on any atom is -0.326 e. The molecule has 2 amide bonds. The molecule has 0 spiro atoms. The van der Waals surface area contributed by atoms with Crippen molar-refractivity contribution in [2.75, 3.05) is 16.4 Å². The van der Waals surface area contributed by atoms with E-state index in [0.29, 0.717) is 28.3 Å². The monoisotopic (exact) mass is 446 g/mol. The number of nitrogens with one attached hydrogen (secondary N) is 2. The van der Waals surface area contributed by atoms with E-state index in [9.17, 15) is 22.8 Å². The van der Waals surface area contributed by atoms with Crippen molar-refractivity contribution >= 4 is 50.6 Å². The van der Waals surface area contributed by atoms with Crippen molar-refractivity contribution in [1.82, 2.24) is 0 Å². The summed E-state index contributed by atoms with van der Waals surface area (Å²) in [4.78, 5) is 36.4. The molecule has 0 aliphatic carbocycles. The molecule has 2 aromatic rings. The minimum atomic E-state index is -3.68. The van der Waals surface area contributed by atoms with Crippen LogP contribution in [0.3, 0.4) is 0 Å². The summed E-state index contributed by atoms with van der Waals surface area (Å²) in [7, 11) is -3.68.